The normalized spacial score (nSPS) is 16.8. The fourth-order valence-corrected chi connectivity index (χ4v) is 2.18. The number of hydrogen-bond acceptors (Lipinski definition) is 3. The van der Waals surface area contributed by atoms with Crippen molar-refractivity contribution in [3.05, 3.63) is 29.8 Å². The molecule has 0 aromatic heterocycles. The molecule has 3 nitrogen and oxygen atoms in total. The lowest BCUT2D eigenvalue weighted by atomic mass is 9.98. The van der Waals surface area contributed by atoms with Gasteiger partial charge in [-0.1, -0.05) is 26.0 Å². The van der Waals surface area contributed by atoms with Crippen molar-refractivity contribution < 1.29 is 9.53 Å². The van der Waals surface area contributed by atoms with Gasteiger partial charge in [0.1, 0.15) is 5.75 Å². The van der Waals surface area contributed by atoms with Gasteiger partial charge in [0.25, 0.3) is 0 Å². The van der Waals surface area contributed by atoms with Crippen LogP contribution in [-0.4, -0.2) is 19.1 Å². The van der Waals surface area contributed by atoms with Gasteiger partial charge in [-0.15, -0.1) is 0 Å². The zero-order valence-electron chi connectivity index (χ0n) is 11.1. The summed E-state index contributed by atoms with van der Waals surface area (Å²) in [5, 5.41) is 3.25. The summed E-state index contributed by atoms with van der Waals surface area (Å²) in [5.41, 5.74) is 1.26. The molecule has 0 spiro atoms. The molecular weight excluding hydrogens is 226 g/mol. The van der Waals surface area contributed by atoms with E-state index in [4.69, 9.17) is 4.74 Å². The average molecular weight is 247 g/mol. The minimum atomic E-state index is -0.0891. The van der Waals surface area contributed by atoms with Crippen LogP contribution in [0.5, 0.6) is 5.75 Å². The van der Waals surface area contributed by atoms with E-state index >= 15 is 0 Å². The number of esters is 1. The molecule has 0 amide bonds. The van der Waals surface area contributed by atoms with Crippen molar-refractivity contribution in [1.29, 1.82) is 0 Å². The zero-order valence-corrected chi connectivity index (χ0v) is 11.1. The third kappa shape index (κ3) is 3.33. The number of carbonyl (C=O) groups excluding carboxylic acids is 1. The van der Waals surface area contributed by atoms with Gasteiger partial charge in [0, 0.05) is 0 Å². The molecule has 0 saturated carbocycles. The van der Waals surface area contributed by atoms with Gasteiger partial charge in [-0.3, -0.25) is 4.79 Å². The number of carbonyl (C=O) groups is 1. The Bertz CT molecular complexity index is 391. The van der Waals surface area contributed by atoms with Crippen molar-refractivity contribution in [3.63, 3.8) is 0 Å². The number of nitrogens with one attached hydrogen (secondary N) is 1. The Labute approximate surface area is 109 Å². The summed E-state index contributed by atoms with van der Waals surface area (Å²) in [7, 11) is 0. The minimum absolute atomic E-state index is 0.0519. The Morgan fingerprint density at radius 3 is 2.39 bits per heavy atom. The highest BCUT2D eigenvalue weighted by Gasteiger charge is 2.22. The van der Waals surface area contributed by atoms with Crippen LogP contribution in [0.3, 0.4) is 0 Å². The van der Waals surface area contributed by atoms with E-state index in [9.17, 15) is 4.79 Å². The van der Waals surface area contributed by atoms with Crippen LogP contribution in [0.25, 0.3) is 0 Å². The molecule has 2 rings (SSSR count). The summed E-state index contributed by atoms with van der Waals surface area (Å²) in [6, 6.07) is 7.81. The predicted molar refractivity (Wildman–Crippen MR) is 71.8 cm³/mol. The summed E-state index contributed by atoms with van der Waals surface area (Å²) in [5.74, 6) is 1.12. The molecule has 1 heterocycles. The van der Waals surface area contributed by atoms with Crippen LogP contribution in [0.2, 0.25) is 0 Å². The molecule has 0 atom stereocenters. The molecule has 0 radical (unpaired) electrons. The molecule has 1 N–H and O–H groups in total. The molecule has 18 heavy (non-hydrogen) atoms. The second-order valence-corrected chi connectivity index (χ2v) is 5.17. The van der Waals surface area contributed by atoms with E-state index < -0.39 is 0 Å². The number of benzene rings is 1. The Hall–Kier alpha value is -1.35. The van der Waals surface area contributed by atoms with Gasteiger partial charge >= 0.3 is 5.97 Å². The van der Waals surface area contributed by atoms with Crippen molar-refractivity contribution in [2.45, 2.75) is 32.6 Å². The van der Waals surface area contributed by atoms with E-state index in [1.165, 1.54) is 5.56 Å². The lowest BCUT2D eigenvalue weighted by molar-refractivity contribution is -0.139. The molecule has 0 aliphatic carbocycles. The van der Waals surface area contributed by atoms with Gasteiger partial charge < -0.3 is 10.1 Å². The van der Waals surface area contributed by atoms with Crippen LogP contribution in [-0.2, 0) is 4.79 Å². The first-order chi connectivity index (χ1) is 8.66. The summed E-state index contributed by atoms with van der Waals surface area (Å²) in [4.78, 5) is 11.9. The molecule has 0 bridgehead atoms. The Morgan fingerprint density at radius 1 is 1.22 bits per heavy atom. The molecular formula is C15H21NO2. The van der Waals surface area contributed by atoms with Gasteiger partial charge in [0.15, 0.2) is 0 Å². The number of hydrogen-bond donors (Lipinski definition) is 1. The van der Waals surface area contributed by atoms with Crippen LogP contribution in [0.4, 0.5) is 0 Å². The van der Waals surface area contributed by atoms with Crippen molar-refractivity contribution in [1.82, 2.24) is 5.32 Å². The average Bonchev–Trinajstić information content (AvgIpc) is 2.40. The molecule has 0 unspecified atom stereocenters. The van der Waals surface area contributed by atoms with Crippen LogP contribution in [0, 0.1) is 5.92 Å². The molecule has 1 saturated heterocycles. The van der Waals surface area contributed by atoms with Crippen LogP contribution in [0.1, 0.15) is 38.2 Å². The van der Waals surface area contributed by atoms with Crippen LogP contribution in [0.15, 0.2) is 24.3 Å². The number of ether oxygens (including phenoxy) is 1. The van der Waals surface area contributed by atoms with E-state index in [1.807, 2.05) is 24.3 Å². The lowest BCUT2D eigenvalue weighted by Crippen LogP contribution is -2.33. The summed E-state index contributed by atoms with van der Waals surface area (Å²) in [6.07, 6.45) is 1.76. The fraction of sp³-hybridized carbons (Fsp3) is 0.533. The first-order valence-corrected chi connectivity index (χ1v) is 6.69. The topological polar surface area (TPSA) is 38.3 Å². The molecule has 1 aromatic rings. The van der Waals surface area contributed by atoms with Crippen molar-refractivity contribution in [3.8, 4) is 5.75 Å². The third-order valence-corrected chi connectivity index (χ3v) is 3.44. The molecule has 98 valence electrons. The molecule has 3 heteroatoms. The van der Waals surface area contributed by atoms with Crippen molar-refractivity contribution in [2.75, 3.05) is 13.1 Å². The van der Waals surface area contributed by atoms with Crippen molar-refractivity contribution in [2.24, 2.45) is 5.92 Å². The molecule has 1 fully saturated rings. The standard InChI is InChI=1S/C15H21NO2/c1-11(2)12-3-5-14(6-4-12)18-15(17)13-7-9-16-10-8-13/h3-6,11,13,16H,7-10H2,1-2H3. The molecule has 1 aliphatic rings. The van der Waals surface area contributed by atoms with Crippen LogP contribution >= 0.6 is 0 Å². The maximum Gasteiger partial charge on any atom is 0.314 e. The maximum atomic E-state index is 11.9. The van der Waals surface area contributed by atoms with Crippen molar-refractivity contribution >= 4 is 5.97 Å². The van der Waals surface area contributed by atoms with Gasteiger partial charge in [-0.25, -0.2) is 0 Å². The monoisotopic (exact) mass is 247 g/mol. The summed E-state index contributed by atoms with van der Waals surface area (Å²) >= 11 is 0. The highest BCUT2D eigenvalue weighted by atomic mass is 16.5. The number of piperidine rings is 1. The van der Waals surface area contributed by atoms with E-state index in [-0.39, 0.29) is 11.9 Å². The Balaban J connectivity index is 1.94. The predicted octanol–water partition coefficient (Wildman–Crippen LogP) is 2.72. The van der Waals surface area contributed by atoms with E-state index in [2.05, 4.69) is 19.2 Å². The Kier molecular flexibility index (Phi) is 4.37. The zero-order chi connectivity index (χ0) is 13.0. The van der Waals surface area contributed by atoms with E-state index in [0.29, 0.717) is 11.7 Å². The fourth-order valence-electron chi connectivity index (χ4n) is 2.18. The SMILES string of the molecule is CC(C)c1ccc(OC(=O)C2CCNCC2)cc1. The highest BCUT2D eigenvalue weighted by molar-refractivity contribution is 5.75. The van der Waals surface area contributed by atoms with Gasteiger partial charge in [-0.05, 0) is 49.5 Å². The first kappa shape index (κ1) is 13.1. The second kappa shape index (κ2) is 6.01. The van der Waals surface area contributed by atoms with E-state index in [1.54, 1.807) is 0 Å². The first-order valence-electron chi connectivity index (χ1n) is 6.69. The van der Waals surface area contributed by atoms with Gasteiger partial charge in [0.2, 0.25) is 0 Å². The summed E-state index contributed by atoms with van der Waals surface area (Å²) < 4.78 is 5.42. The second-order valence-electron chi connectivity index (χ2n) is 5.17. The van der Waals surface area contributed by atoms with Gasteiger partial charge in [0.05, 0.1) is 5.92 Å². The smallest absolute Gasteiger partial charge is 0.314 e. The van der Waals surface area contributed by atoms with Gasteiger partial charge in [-0.2, -0.15) is 0 Å². The Morgan fingerprint density at radius 2 is 1.83 bits per heavy atom. The maximum absolute atomic E-state index is 11.9. The largest absolute Gasteiger partial charge is 0.426 e. The lowest BCUT2D eigenvalue weighted by Gasteiger charge is -2.20. The minimum Gasteiger partial charge on any atom is -0.426 e. The molecule has 1 aromatic carbocycles. The summed E-state index contributed by atoms with van der Waals surface area (Å²) in [6.45, 7) is 6.12. The quantitative estimate of drug-likeness (QED) is 0.659. The third-order valence-electron chi connectivity index (χ3n) is 3.44. The van der Waals surface area contributed by atoms with Crippen LogP contribution < -0.4 is 10.1 Å². The highest BCUT2D eigenvalue weighted by Crippen LogP contribution is 2.21. The molecule has 1 aliphatic heterocycles. The van der Waals surface area contributed by atoms with E-state index in [0.717, 1.165) is 25.9 Å². The number of rotatable bonds is 3.